The van der Waals surface area contributed by atoms with Crippen molar-refractivity contribution < 1.29 is 9.90 Å². The Kier molecular flexibility index (Phi) is 5.66. The minimum atomic E-state index is -0.650. The number of aliphatic carboxylic acids is 1. The molecule has 0 saturated heterocycles. The van der Waals surface area contributed by atoms with Gasteiger partial charge in [-0.3, -0.25) is 4.79 Å². The molecular weight excluding hydrogens is 272 g/mol. The van der Waals surface area contributed by atoms with E-state index in [2.05, 4.69) is 45.0 Å². The molecule has 2 atom stereocenters. The summed E-state index contributed by atoms with van der Waals surface area (Å²) in [5.74, 6) is 0.259. The van der Waals surface area contributed by atoms with Crippen LogP contribution in [-0.4, -0.2) is 11.1 Å². The molecule has 0 bridgehead atoms. The number of aryl methyl sites for hydroxylation is 1. The van der Waals surface area contributed by atoms with E-state index in [4.69, 9.17) is 5.11 Å². The van der Waals surface area contributed by atoms with Crippen molar-refractivity contribution in [2.24, 2.45) is 11.3 Å². The Morgan fingerprint density at radius 1 is 1.18 bits per heavy atom. The van der Waals surface area contributed by atoms with Crippen molar-refractivity contribution in [1.29, 1.82) is 0 Å². The second-order valence-corrected chi connectivity index (χ2v) is 8.13. The molecule has 122 valence electrons. The van der Waals surface area contributed by atoms with Gasteiger partial charge in [-0.1, -0.05) is 51.5 Å². The number of carboxylic acid groups (broad SMARTS) is 1. The number of carboxylic acids is 1. The predicted octanol–water partition coefficient (Wildman–Crippen LogP) is 5.41. The summed E-state index contributed by atoms with van der Waals surface area (Å²) < 4.78 is 0. The molecule has 2 rings (SSSR count). The molecule has 2 heteroatoms. The molecular formula is C20H30O2. The number of hydrogen-bond donors (Lipinski definition) is 1. The third-order valence-electron chi connectivity index (χ3n) is 4.86. The van der Waals surface area contributed by atoms with Crippen molar-refractivity contribution in [3.63, 3.8) is 0 Å². The fourth-order valence-electron chi connectivity index (χ4n) is 3.50. The molecule has 1 saturated carbocycles. The van der Waals surface area contributed by atoms with Gasteiger partial charge in [0.15, 0.2) is 0 Å². The zero-order chi connectivity index (χ0) is 16.2. The van der Waals surface area contributed by atoms with E-state index in [1.807, 2.05) is 0 Å². The van der Waals surface area contributed by atoms with E-state index >= 15 is 0 Å². The minimum absolute atomic E-state index is 0.333. The summed E-state index contributed by atoms with van der Waals surface area (Å²) in [5, 5.41) is 8.98. The Labute approximate surface area is 134 Å². The SMILES string of the molecule is CC(C)(C)CCc1ccc([C@H]2CCC[C@@H](CC(=O)O)C2)cc1. The van der Waals surface area contributed by atoms with Gasteiger partial charge in [-0.25, -0.2) is 0 Å². The summed E-state index contributed by atoms with van der Waals surface area (Å²) >= 11 is 0. The van der Waals surface area contributed by atoms with E-state index in [-0.39, 0.29) is 0 Å². The zero-order valence-electron chi connectivity index (χ0n) is 14.3. The van der Waals surface area contributed by atoms with Crippen LogP contribution in [0.2, 0.25) is 0 Å². The third-order valence-corrected chi connectivity index (χ3v) is 4.86. The normalized spacial score (nSPS) is 22.5. The van der Waals surface area contributed by atoms with Gasteiger partial charge >= 0.3 is 5.97 Å². The Balaban J connectivity index is 1.93. The molecule has 0 heterocycles. The van der Waals surface area contributed by atoms with Crippen molar-refractivity contribution in [3.05, 3.63) is 35.4 Å². The molecule has 0 aliphatic heterocycles. The molecule has 0 amide bonds. The number of hydrogen-bond acceptors (Lipinski definition) is 1. The second kappa shape index (κ2) is 7.30. The first-order chi connectivity index (χ1) is 10.3. The molecule has 22 heavy (non-hydrogen) atoms. The maximum Gasteiger partial charge on any atom is 0.303 e. The molecule has 1 fully saturated rings. The highest BCUT2D eigenvalue weighted by molar-refractivity contribution is 5.67. The molecule has 0 radical (unpaired) electrons. The first-order valence-electron chi connectivity index (χ1n) is 8.64. The Bertz CT molecular complexity index is 481. The molecule has 0 aromatic heterocycles. The highest BCUT2D eigenvalue weighted by atomic mass is 16.4. The van der Waals surface area contributed by atoms with Gasteiger partial charge in [-0.15, -0.1) is 0 Å². The average Bonchev–Trinajstić information content (AvgIpc) is 2.44. The lowest BCUT2D eigenvalue weighted by Gasteiger charge is -2.28. The van der Waals surface area contributed by atoms with Crippen LogP contribution in [0.4, 0.5) is 0 Å². The van der Waals surface area contributed by atoms with Crippen LogP contribution in [0.3, 0.4) is 0 Å². The number of carbonyl (C=O) groups is 1. The molecule has 1 aromatic rings. The van der Waals surface area contributed by atoms with E-state index in [1.165, 1.54) is 24.0 Å². The van der Waals surface area contributed by atoms with E-state index in [0.717, 1.165) is 25.7 Å². The Morgan fingerprint density at radius 2 is 1.86 bits per heavy atom. The van der Waals surface area contributed by atoms with Crippen molar-refractivity contribution in [1.82, 2.24) is 0 Å². The lowest BCUT2D eigenvalue weighted by Crippen LogP contribution is -2.17. The van der Waals surface area contributed by atoms with Crippen molar-refractivity contribution in [2.75, 3.05) is 0 Å². The second-order valence-electron chi connectivity index (χ2n) is 8.13. The van der Waals surface area contributed by atoms with Crippen LogP contribution >= 0.6 is 0 Å². The molecule has 0 unspecified atom stereocenters. The fourth-order valence-corrected chi connectivity index (χ4v) is 3.50. The summed E-state index contributed by atoms with van der Waals surface area (Å²) in [5.41, 5.74) is 3.19. The third kappa shape index (κ3) is 5.47. The smallest absolute Gasteiger partial charge is 0.303 e. The quantitative estimate of drug-likeness (QED) is 0.789. The maximum absolute atomic E-state index is 10.9. The van der Waals surface area contributed by atoms with Gasteiger partial charge in [0.2, 0.25) is 0 Å². The van der Waals surface area contributed by atoms with Crippen LogP contribution in [0.5, 0.6) is 0 Å². The molecule has 0 spiro atoms. The standard InChI is InChI=1S/C20H30O2/c1-20(2,3)12-11-15-7-9-17(10-8-15)18-6-4-5-16(13-18)14-19(21)22/h7-10,16,18H,4-6,11-14H2,1-3H3,(H,21,22)/t16-,18+/m1/s1. The van der Waals surface area contributed by atoms with E-state index in [9.17, 15) is 4.79 Å². The first kappa shape index (κ1) is 17.1. The lowest BCUT2D eigenvalue weighted by molar-refractivity contribution is -0.138. The first-order valence-corrected chi connectivity index (χ1v) is 8.64. The van der Waals surface area contributed by atoms with Crippen LogP contribution < -0.4 is 0 Å². The monoisotopic (exact) mass is 302 g/mol. The maximum atomic E-state index is 10.9. The van der Waals surface area contributed by atoms with Crippen molar-refractivity contribution in [2.45, 2.75) is 71.6 Å². The van der Waals surface area contributed by atoms with Crippen molar-refractivity contribution in [3.8, 4) is 0 Å². The number of benzene rings is 1. The highest BCUT2D eigenvalue weighted by Gasteiger charge is 2.24. The largest absolute Gasteiger partial charge is 0.481 e. The minimum Gasteiger partial charge on any atom is -0.481 e. The molecule has 1 N–H and O–H groups in total. The van der Waals surface area contributed by atoms with Gasteiger partial charge < -0.3 is 5.11 Å². The summed E-state index contributed by atoms with van der Waals surface area (Å²) in [6.07, 6.45) is 7.15. The molecule has 1 aromatic carbocycles. The van der Waals surface area contributed by atoms with E-state index in [0.29, 0.717) is 23.7 Å². The number of rotatable bonds is 5. The van der Waals surface area contributed by atoms with Gasteiger partial charge in [0, 0.05) is 6.42 Å². The van der Waals surface area contributed by atoms with Crippen molar-refractivity contribution >= 4 is 5.97 Å². The Hall–Kier alpha value is -1.31. The fraction of sp³-hybridized carbons (Fsp3) is 0.650. The summed E-state index contributed by atoms with van der Waals surface area (Å²) in [7, 11) is 0. The van der Waals surface area contributed by atoms with Gasteiger partial charge in [0.1, 0.15) is 0 Å². The molecule has 1 aliphatic carbocycles. The van der Waals surface area contributed by atoms with Gasteiger partial charge in [-0.05, 0) is 60.5 Å². The van der Waals surface area contributed by atoms with Gasteiger partial charge in [0.25, 0.3) is 0 Å². The van der Waals surface area contributed by atoms with Crippen LogP contribution in [0.1, 0.15) is 76.3 Å². The topological polar surface area (TPSA) is 37.3 Å². The van der Waals surface area contributed by atoms with Crippen LogP contribution in [0.15, 0.2) is 24.3 Å². The van der Waals surface area contributed by atoms with E-state index in [1.54, 1.807) is 0 Å². The summed E-state index contributed by atoms with van der Waals surface area (Å²) in [6.45, 7) is 6.85. The van der Waals surface area contributed by atoms with E-state index < -0.39 is 5.97 Å². The van der Waals surface area contributed by atoms with Crippen LogP contribution in [-0.2, 0) is 11.2 Å². The lowest BCUT2D eigenvalue weighted by atomic mass is 9.76. The average molecular weight is 302 g/mol. The molecule has 1 aliphatic rings. The predicted molar refractivity (Wildman–Crippen MR) is 91.2 cm³/mol. The summed E-state index contributed by atoms with van der Waals surface area (Å²) in [6, 6.07) is 9.07. The summed E-state index contributed by atoms with van der Waals surface area (Å²) in [4.78, 5) is 10.9. The van der Waals surface area contributed by atoms with Crippen LogP contribution in [0, 0.1) is 11.3 Å². The highest BCUT2D eigenvalue weighted by Crippen LogP contribution is 2.37. The molecule has 2 nitrogen and oxygen atoms in total. The van der Waals surface area contributed by atoms with Gasteiger partial charge in [-0.2, -0.15) is 0 Å². The van der Waals surface area contributed by atoms with Gasteiger partial charge in [0.05, 0.1) is 0 Å². The Morgan fingerprint density at radius 3 is 2.45 bits per heavy atom. The van der Waals surface area contributed by atoms with Crippen LogP contribution in [0.25, 0.3) is 0 Å². The zero-order valence-corrected chi connectivity index (χ0v) is 14.3.